The van der Waals surface area contributed by atoms with Crippen LogP contribution in [0.1, 0.15) is 17.5 Å². The quantitative estimate of drug-likeness (QED) is 0.752. The zero-order chi connectivity index (χ0) is 14.7. The maximum absolute atomic E-state index is 5.89. The smallest absolute Gasteiger partial charge is 0.164 e. The van der Waals surface area contributed by atoms with Gasteiger partial charge in [0.05, 0.1) is 12.3 Å². The molecule has 110 valence electrons. The predicted molar refractivity (Wildman–Crippen MR) is 85.4 cm³/mol. The standard InChI is InChI=1S/C16H18N2O2S/c1-3-17-9-15-12(10-19-2)18-16(21-15)14-8-11-6-4-5-7-13(11)20-14/h4-8,17H,3,9-10H2,1-2H3. The Morgan fingerprint density at radius 1 is 1.33 bits per heavy atom. The monoisotopic (exact) mass is 302 g/mol. The Kier molecular flexibility index (Phi) is 4.34. The number of fused-ring (bicyclic) bond motifs is 1. The van der Waals surface area contributed by atoms with Crippen LogP contribution in [-0.4, -0.2) is 18.6 Å². The topological polar surface area (TPSA) is 47.3 Å². The molecule has 3 aromatic rings. The van der Waals surface area contributed by atoms with Crippen LogP contribution in [0.4, 0.5) is 0 Å². The van der Waals surface area contributed by atoms with Gasteiger partial charge < -0.3 is 14.5 Å². The number of hydrogen-bond acceptors (Lipinski definition) is 5. The average molecular weight is 302 g/mol. The van der Waals surface area contributed by atoms with Gasteiger partial charge >= 0.3 is 0 Å². The van der Waals surface area contributed by atoms with Crippen LogP contribution in [-0.2, 0) is 17.9 Å². The van der Waals surface area contributed by atoms with E-state index in [1.165, 1.54) is 4.88 Å². The lowest BCUT2D eigenvalue weighted by Crippen LogP contribution is -2.12. The van der Waals surface area contributed by atoms with Gasteiger partial charge in [-0.15, -0.1) is 11.3 Å². The SMILES string of the molecule is CCNCc1sc(-c2cc3ccccc3o2)nc1COC. The van der Waals surface area contributed by atoms with E-state index in [4.69, 9.17) is 9.15 Å². The third kappa shape index (κ3) is 3.00. The van der Waals surface area contributed by atoms with E-state index in [0.29, 0.717) is 6.61 Å². The van der Waals surface area contributed by atoms with E-state index in [-0.39, 0.29) is 0 Å². The molecule has 0 saturated carbocycles. The van der Waals surface area contributed by atoms with Crippen molar-refractivity contribution in [3.63, 3.8) is 0 Å². The van der Waals surface area contributed by atoms with E-state index in [0.717, 1.165) is 40.5 Å². The highest BCUT2D eigenvalue weighted by Crippen LogP contribution is 2.32. The van der Waals surface area contributed by atoms with Crippen molar-refractivity contribution in [2.45, 2.75) is 20.1 Å². The number of aromatic nitrogens is 1. The summed E-state index contributed by atoms with van der Waals surface area (Å²) in [6.45, 7) is 4.37. The highest BCUT2D eigenvalue weighted by Gasteiger charge is 2.15. The van der Waals surface area contributed by atoms with Crippen molar-refractivity contribution in [2.75, 3.05) is 13.7 Å². The van der Waals surface area contributed by atoms with Crippen molar-refractivity contribution in [3.8, 4) is 10.8 Å². The summed E-state index contributed by atoms with van der Waals surface area (Å²) in [5.41, 5.74) is 1.88. The maximum Gasteiger partial charge on any atom is 0.164 e. The van der Waals surface area contributed by atoms with E-state index in [2.05, 4.69) is 17.2 Å². The lowest BCUT2D eigenvalue weighted by Gasteiger charge is -2.00. The fraction of sp³-hybridized carbons (Fsp3) is 0.312. The van der Waals surface area contributed by atoms with Gasteiger partial charge in [-0.25, -0.2) is 4.98 Å². The summed E-state index contributed by atoms with van der Waals surface area (Å²) in [4.78, 5) is 5.88. The first kappa shape index (κ1) is 14.3. The fourth-order valence-corrected chi connectivity index (χ4v) is 3.19. The summed E-state index contributed by atoms with van der Waals surface area (Å²) < 4.78 is 11.1. The Hall–Kier alpha value is -1.69. The molecular weight excluding hydrogens is 284 g/mol. The lowest BCUT2D eigenvalue weighted by atomic mass is 10.2. The fourth-order valence-electron chi connectivity index (χ4n) is 2.20. The molecular formula is C16H18N2O2S. The minimum Gasteiger partial charge on any atom is -0.454 e. The van der Waals surface area contributed by atoms with Crippen LogP contribution >= 0.6 is 11.3 Å². The zero-order valence-corrected chi connectivity index (χ0v) is 13.0. The number of hydrogen-bond donors (Lipinski definition) is 1. The molecule has 21 heavy (non-hydrogen) atoms. The maximum atomic E-state index is 5.89. The van der Waals surface area contributed by atoms with Crippen LogP contribution in [0, 0.1) is 0 Å². The van der Waals surface area contributed by atoms with Crippen molar-refractivity contribution in [1.29, 1.82) is 0 Å². The first-order valence-electron chi connectivity index (χ1n) is 6.99. The van der Waals surface area contributed by atoms with Gasteiger partial charge in [0.1, 0.15) is 5.58 Å². The molecule has 0 aliphatic heterocycles. The Balaban J connectivity index is 1.96. The molecule has 0 fully saturated rings. The van der Waals surface area contributed by atoms with Gasteiger partial charge in [0.25, 0.3) is 0 Å². The first-order valence-corrected chi connectivity index (χ1v) is 7.80. The number of para-hydroxylation sites is 1. The van der Waals surface area contributed by atoms with Crippen LogP contribution in [0.3, 0.4) is 0 Å². The predicted octanol–water partition coefficient (Wildman–Crippen LogP) is 3.81. The second-order valence-electron chi connectivity index (χ2n) is 4.75. The third-order valence-electron chi connectivity index (χ3n) is 3.23. The van der Waals surface area contributed by atoms with Gasteiger partial charge in [-0.1, -0.05) is 25.1 Å². The van der Waals surface area contributed by atoms with Crippen LogP contribution in [0.5, 0.6) is 0 Å². The summed E-state index contributed by atoms with van der Waals surface area (Å²) in [6.07, 6.45) is 0. The van der Waals surface area contributed by atoms with E-state index >= 15 is 0 Å². The molecule has 0 aliphatic carbocycles. The van der Waals surface area contributed by atoms with E-state index in [1.807, 2.05) is 30.3 Å². The van der Waals surface area contributed by atoms with Crippen LogP contribution in [0.2, 0.25) is 0 Å². The normalized spacial score (nSPS) is 11.3. The number of methoxy groups -OCH3 is 1. The Bertz CT molecular complexity index is 700. The van der Waals surface area contributed by atoms with Gasteiger partial charge in [-0.05, 0) is 18.7 Å². The Morgan fingerprint density at radius 3 is 2.95 bits per heavy atom. The van der Waals surface area contributed by atoms with Gasteiger partial charge in [-0.3, -0.25) is 0 Å². The molecule has 0 spiro atoms. The molecule has 0 saturated heterocycles. The molecule has 5 heteroatoms. The number of thiazole rings is 1. The van der Waals surface area contributed by atoms with Crippen molar-refractivity contribution >= 4 is 22.3 Å². The van der Waals surface area contributed by atoms with E-state index in [9.17, 15) is 0 Å². The number of nitrogens with zero attached hydrogens (tertiary/aromatic N) is 1. The number of ether oxygens (including phenoxy) is 1. The molecule has 0 aliphatic rings. The number of nitrogens with one attached hydrogen (secondary N) is 1. The van der Waals surface area contributed by atoms with Crippen LogP contribution < -0.4 is 5.32 Å². The van der Waals surface area contributed by atoms with Gasteiger partial charge in [0.15, 0.2) is 10.8 Å². The zero-order valence-electron chi connectivity index (χ0n) is 12.2. The molecule has 1 N–H and O–H groups in total. The molecule has 0 amide bonds. The molecule has 4 nitrogen and oxygen atoms in total. The summed E-state index contributed by atoms with van der Waals surface area (Å²) >= 11 is 1.66. The molecule has 0 unspecified atom stereocenters. The van der Waals surface area contributed by atoms with E-state index < -0.39 is 0 Å². The van der Waals surface area contributed by atoms with Gasteiger partial charge in [-0.2, -0.15) is 0 Å². The summed E-state index contributed by atoms with van der Waals surface area (Å²) in [7, 11) is 1.69. The Labute approximate surface area is 127 Å². The highest BCUT2D eigenvalue weighted by atomic mass is 32.1. The van der Waals surface area contributed by atoms with Crippen molar-refractivity contribution in [1.82, 2.24) is 10.3 Å². The first-order chi connectivity index (χ1) is 10.3. The van der Waals surface area contributed by atoms with Crippen LogP contribution in [0.25, 0.3) is 21.7 Å². The molecule has 2 aromatic heterocycles. The molecule has 1 aromatic carbocycles. The third-order valence-corrected chi connectivity index (χ3v) is 4.34. The minimum absolute atomic E-state index is 0.525. The summed E-state index contributed by atoms with van der Waals surface area (Å²) in [5, 5.41) is 5.35. The number of benzene rings is 1. The van der Waals surface area contributed by atoms with Gasteiger partial charge in [0.2, 0.25) is 0 Å². The second kappa shape index (κ2) is 6.39. The van der Waals surface area contributed by atoms with E-state index in [1.54, 1.807) is 18.4 Å². The summed E-state index contributed by atoms with van der Waals surface area (Å²) in [6, 6.07) is 10.1. The second-order valence-corrected chi connectivity index (χ2v) is 5.83. The summed E-state index contributed by atoms with van der Waals surface area (Å²) in [5.74, 6) is 0.821. The van der Waals surface area contributed by atoms with Crippen LogP contribution in [0.15, 0.2) is 34.7 Å². The molecule has 0 radical (unpaired) electrons. The van der Waals surface area contributed by atoms with Crippen molar-refractivity contribution < 1.29 is 9.15 Å². The van der Waals surface area contributed by atoms with Crippen molar-refractivity contribution in [3.05, 3.63) is 40.9 Å². The lowest BCUT2D eigenvalue weighted by molar-refractivity contribution is 0.181. The molecule has 2 heterocycles. The molecule has 0 atom stereocenters. The number of furan rings is 1. The highest BCUT2D eigenvalue weighted by molar-refractivity contribution is 7.15. The average Bonchev–Trinajstić information content (AvgIpc) is 3.09. The minimum atomic E-state index is 0.525. The number of rotatable bonds is 6. The largest absolute Gasteiger partial charge is 0.454 e. The molecule has 0 bridgehead atoms. The van der Waals surface area contributed by atoms with Gasteiger partial charge in [0, 0.05) is 23.9 Å². The van der Waals surface area contributed by atoms with Crippen molar-refractivity contribution in [2.24, 2.45) is 0 Å². The molecule has 3 rings (SSSR count). The Morgan fingerprint density at radius 2 is 2.19 bits per heavy atom.